The Morgan fingerprint density at radius 3 is 3.00 bits per heavy atom. The van der Waals surface area contributed by atoms with Gasteiger partial charge in [-0.15, -0.1) is 0 Å². The standard InChI is InChI=1S/C13H20N2O3/c1-10-7-12(18-14-10)8-13(16)15(2)9-11-5-3-4-6-17-11/h7,11H,3-6,8-9H2,1-2H3/t11-/m0/s1. The molecule has 0 aromatic carbocycles. The van der Waals surface area contributed by atoms with E-state index < -0.39 is 0 Å². The second kappa shape index (κ2) is 6.00. The summed E-state index contributed by atoms with van der Waals surface area (Å²) in [4.78, 5) is 13.7. The van der Waals surface area contributed by atoms with Crippen molar-refractivity contribution in [1.29, 1.82) is 0 Å². The third-order valence-electron chi connectivity index (χ3n) is 3.18. The summed E-state index contributed by atoms with van der Waals surface area (Å²) in [6.07, 6.45) is 3.81. The average molecular weight is 252 g/mol. The molecule has 0 N–H and O–H groups in total. The maximum absolute atomic E-state index is 12.0. The van der Waals surface area contributed by atoms with Gasteiger partial charge in [-0.2, -0.15) is 0 Å². The first kappa shape index (κ1) is 13.1. The fraction of sp³-hybridized carbons (Fsp3) is 0.692. The van der Waals surface area contributed by atoms with Crippen LogP contribution >= 0.6 is 0 Å². The molecule has 2 heterocycles. The summed E-state index contributed by atoms with van der Waals surface area (Å²) in [6.45, 7) is 3.32. The SMILES string of the molecule is Cc1cc(CC(=O)N(C)C[C@@H]2CCCCO2)on1. The van der Waals surface area contributed by atoms with E-state index in [4.69, 9.17) is 9.26 Å². The average Bonchev–Trinajstić information content (AvgIpc) is 2.76. The van der Waals surface area contributed by atoms with Crippen LogP contribution in [0.2, 0.25) is 0 Å². The molecule has 0 spiro atoms. The van der Waals surface area contributed by atoms with Crippen molar-refractivity contribution >= 4 is 5.91 Å². The molecule has 1 saturated heterocycles. The second-order valence-electron chi connectivity index (χ2n) is 4.87. The monoisotopic (exact) mass is 252 g/mol. The molecule has 5 heteroatoms. The summed E-state index contributed by atoms with van der Waals surface area (Å²) >= 11 is 0. The number of carbonyl (C=O) groups is 1. The van der Waals surface area contributed by atoms with Crippen LogP contribution in [-0.4, -0.2) is 42.3 Å². The molecule has 1 aliphatic rings. The molecule has 5 nitrogen and oxygen atoms in total. The zero-order valence-corrected chi connectivity index (χ0v) is 11.0. The number of aromatic nitrogens is 1. The third kappa shape index (κ3) is 3.57. The molecule has 0 unspecified atom stereocenters. The van der Waals surface area contributed by atoms with Crippen LogP contribution in [0.1, 0.15) is 30.7 Å². The van der Waals surface area contributed by atoms with E-state index in [1.165, 1.54) is 6.42 Å². The maximum atomic E-state index is 12.0. The first-order valence-corrected chi connectivity index (χ1v) is 6.43. The van der Waals surface area contributed by atoms with Crippen molar-refractivity contribution in [3.63, 3.8) is 0 Å². The van der Waals surface area contributed by atoms with Gasteiger partial charge in [0.1, 0.15) is 5.76 Å². The highest BCUT2D eigenvalue weighted by atomic mass is 16.5. The molecule has 1 aliphatic heterocycles. The van der Waals surface area contributed by atoms with E-state index >= 15 is 0 Å². The summed E-state index contributed by atoms with van der Waals surface area (Å²) in [5.41, 5.74) is 0.802. The van der Waals surface area contributed by atoms with E-state index in [2.05, 4.69) is 5.16 Å². The van der Waals surface area contributed by atoms with Gasteiger partial charge in [-0.25, -0.2) is 0 Å². The zero-order valence-electron chi connectivity index (χ0n) is 11.0. The number of nitrogens with zero attached hydrogens (tertiary/aromatic N) is 2. The van der Waals surface area contributed by atoms with Gasteiger partial charge in [0.05, 0.1) is 18.2 Å². The minimum absolute atomic E-state index is 0.0420. The van der Waals surface area contributed by atoms with Gasteiger partial charge in [0.15, 0.2) is 0 Å². The van der Waals surface area contributed by atoms with Gasteiger partial charge in [0.25, 0.3) is 0 Å². The van der Waals surface area contributed by atoms with Crippen LogP contribution in [0.4, 0.5) is 0 Å². The van der Waals surface area contributed by atoms with Gasteiger partial charge in [-0.1, -0.05) is 5.16 Å². The molecule has 0 saturated carbocycles. The Kier molecular flexibility index (Phi) is 4.36. The van der Waals surface area contributed by atoms with Gasteiger partial charge in [-0.3, -0.25) is 4.79 Å². The molecular formula is C13H20N2O3. The summed E-state index contributed by atoms with van der Waals surface area (Å²) in [5.74, 6) is 0.661. The van der Waals surface area contributed by atoms with Crippen LogP contribution in [0, 0.1) is 6.92 Å². The number of likely N-dealkylation sites (N-methyl/N-ethyl adjacent to an activating group) is 1. The lowest BCUT2D eigenvalue weighted by Crippen LogP contribution is -2.37. The molecule has 0 radical (unpaired) electrons. The van der Waals surface area contributed by atoms with Crippen molar-refractivity contribution in [2.24, 2.45) is 0 Å². The Balaban J connectivity index is 1.80. The number of hydrogen-bond donors (Lipinski definition) is 0. The summed E-state index contributed by atoms with van der Waals surface area (Å²) in [7, 11) is 1.81. The molecule has 0 aliphatic carbocycles. The maximum Gasteiger partial charge on any atom is 0.230 e. The van der Waals surface area contributed by atoms with Crippen LogP contribution < -0.4 is 0 Å². The number of aryl methyl sites for hydroxylation is 1. The van der Waals surface area contributed by atoms with Crippen molar-refractivity contribution in [3.8, 4) is 0 Å². The van der Waals surface area contributed by atoms with Crippen LogP contribution in [0.3, 0.4) is 0 Å². The second-order valence-corrected chi connectivity index (χ2v) is 4.87. The van der Waals surface area contributed by atoms with E-state index in [9.17, 15) is 4.79 Å². The van der Waals surface area contributed by atoms with Gasteiger partial charge in [-0.05, 0) is 26.2 Å². The van der Waals surface area contributed by atoms with E-state index in [0.717, 1.165) is 25.1 Å². The molecule has 100 valence electrons. The van der Waals surface area contributed by atoms with E-state index in [0.29, 0.717) is 12.3 Å². The van der Waals surface area contributed by atoms with E-state index in [1.807, 2.05) is 14.0 Å². The number of amides is 1. The quantitative estimate of drug-likeness (QED) is 0.816. The Hall–Kier alpha value is -1.36. The summed E-state index contributed by atoms with van der Waals surface area (Å²) in [5, 5.41) is 3.77. The van der Waals surface area contributed by atoms with Crippen molar-refractivity contribution < 1.29 is 14.1 Å². The number of rotatable bonds is 4. The van der Waals surface area contributed by atoms with Crippen molar-refractivity contribution in [2.75, 3.05) is 20.2 Å². The Labute approximate surface area is 107 Å². The molecule has 1 fully saturated rings. The number of ether oxygens (including phenoxy) is 1. The highest BCUT2D eigenvalue weighted by molar-refractivity contribution is 5.77. The lowest BCUT2D eigenvalue weighted by atomic mass is 10.1. The van der Waals surface area contributed by atoms with Crippen LogP contribution in [0.5, 0.6) is 0 Å². The zero-order chi connectivity index (χ0) is 13.0. The molecule has 1 aromatic heterocycles. The Morgan fingerprint density at radius 2 is 2.39 bits per heavy atom. The highest BCUT2D eigenvalue weighted by Crippen LogP contribution is 2.14. The fourth-order valence-electron chi connectivity index (χ4n) is 2.14. The van der Waals surface area contributed by atoms with Gasteiger partial charge in [0.2, 0.25) is 5.91 Å². The van der Waals surface area contributed by atoms with Crippen molar-refractivity contribution in [1.82, 2.24) is 10.1 Å². The fourth-order valence-corrected chi connectivity index (χ4v) is 2.14. The molecule has 1 amide bonds. The molecule has 1 atom stereocenters. The van der Waals surface area contributed by atoms with Crippen LogP contribution in [0.25, 0.3) is 0 Å². The van der Waals surface area contributed by atoms with Crippen molar-refractivity contribution in [2.45, 2.75) is 38.7 Å². The predicted molar refractivity (Wildman–Crippen MR) is 66.2 cm³/mol. The van der Waals surface area contributed by atoms with Gasteiger partial charge < -0.3 is 14.2 Å². The van der Waals surface area contributed by atoms with Gasteiger partial charge in [0, 0.05) is 26.3 Å². The summed E-state index contributed by atoms with van der Waals surface area (Å²) < 4.78 is 10.7. The normalized spacial score (nSPS) is 19.8. The first-order chi connectivity index (χ1) is 8.65. The van der Waals surface area contributed by atoms with Gasteiger partial charge >= 0.3 is 0 Å². The van der Waals surface area contributed by atoms with Crippen LogP contribution in [-0.2, 0) is 16.0 Å². The molecule has 1 aromatic rings. The largest absolute Gasteiger partial charge is 0.376 e. The minimum Gasteiger partial charge on any atom is -0.376 e. The highest BCUT2D eigenvalue weighted by Gasteiger charge is 2.19. The Bertz CT molecular complexity index is 397. The molecular weight excluding hydrogens is 232 g/mol. The van der Waals surface area contributed by atoms with E-state index in [1.54, 1.807) is 11.0 Å². The topological polar surface area (TPSA) is 55.6 Å². The smallest absolute Gasteiger partial charge is 0.230 e. The Morgan fingerprint density at radius 1 is 1.56 bits per heavy atom. The molecule has 18 heavy (non-hydrogen) atoms. The lowest BCUT2D eigenvalue weighted by Gasteiger charge is -2.27. The summed E-state index contributed by atoms with van der Waals surface area (Å²) in [6, 6.07) is 1.79. The number of hydrogen-bond acceptors (Lipinski definition) is 4. The first-order valence-electron chi connectivity index (χ1n) is 6.43. The molecule has 0 bridgehead atoms. The predicted octanol–water partition coefficient (Wildman–Crippen LogP) is 1.55. The number of carbonyl (C=O) groups excluding carboxylic acids is 1. The minimum atomic E-state index is 0.0420. The molecule has 2 rings (SSSR count). The van der Waals surface area contributed by atoms with E-state index in [-0.39, 0.29) is 18.4 Å². The van der Waals surface area contributed by atoms with Crippen LogP contribution in [0.15, 0.2) is 10.6 Å². The lowest BCUT2D eigenvalue weighted by molar-refractivity contribution is -0.131. The van der Waals surface area contributed by atoms with Crippen molar-refractivity contribution in [3.05, 3.63) is 17.5 Å². The third-order valence-corrected chi connectivity index (χ3v) is 3.18.